The van der Waals surface area contributed by atoms with Crippen molar-refractivity contribution >= 4 is 17.3 Å². The minimum atomic E-state index is 0.0657. The molecule has 1 aromatic rings. The zero-order chi connectivity index (χ0) is 12.3. The van der Waals surface area contributed by atoms with Gasteiger partial charge in [0.05, 0.1) is 13.2 Å². The molecule has 1 aliphatic rings. The number of hydrogen-bond acceptors (Lipinski definition) is 3. The number of nitrogens with zero attached hydrogens (tertiary/aromatic N) is 1. The largest absolute Gasteiger partial charge is 0.381 e. The third-order valence-electron chi connectivity index (χ3n) is 2.85. The molecule has 1 heterocycles. The van der Waals surface area contributed by atoms with Crippen molar-refractivity contribution in [2.75, 3.05) is 37.5 Å². The Hall–Kier alpha value is -1.55. The Morgan fingerprint density at radius 2 is 2.00 bits per heavy atom. The fraction of sp³-hybridized carbons (Fsp3) is 0.462. The Morgan fingerprint density at radius 1 is 1.35 bits per heavy atom. The number of nitrogens with one attached hydrogen (secondary N) is 1. The molecule has 0 unspecified atom stereocenters. The predicted octanol–water partition coefficient (Wildman–Crippen LogP) is 1.73. The SMILES string of the molecule is CN(C)c1ccc(NC(=O)CC2COC2)cc1. The van der Waals surface area contributed by atoms with Crippen LogP contribution in [-0.2, 0) is 9.53 Å². The van der Waals surface area contributed by atoms with Crippen molar-refractivity contribution in [1.29, 1.82) is 0 Å². The third kappa shape index (κ3) is 3.20. The molecule has 0 spiro atoms. The van der Waals surface area contributed by atoms with E-state index in [9.17, 15) is 4.79 Å². The number of carbonyl (C=O) groups is 1. The quantitative estimate of drug-likeness (QED) is 0.862. The lowest BCUT2D eigenvalue weighted by Gasteiger charge is -2.25. The maximum atomic E-state index is 11.7. The van der Waals surface area contributed by atoms with E-state index in [-0.39, 0.29) is 5.91 Å². The van der Waals surface area contributed by atoms with Crippen molar-refractivity contribution in [3.63, 3.8) is 0 Å². The van der Waals surface area contributed by atoms with Crippen molar-refractivity contribution in [3.8, 4) is 0 Å². The minimum Gasteiger partial charge on any atom is -0.381 e. The monoisotopic (exact) mass is 234 g/mol. The van der Waals surface area contributed by atoms with Crippen LogP contribution in [0.3, 0.4) is 0 Å². The maximum Gasteiger partial charge on any atom is 0.224 e. The predicted molar refractivity (Wildman–Crippen MR) is 68.3 cm³/mol. The Balaban J connectivity index is 1.87. The molecule has 1 saturated heterocycles. The summed E-state index contributed by atoms with van der Waals surface area (Å²) in [5.74, 6) is 0.465. The van der Waals surface area contributed by atoms with E-state index in [2.05, 4.69) is 5.32 Å². The average molecular weight is 234 g/mol. The number of amides is 1. The Kier molecular flexibility index (Phi) is 3.64. The number of carbonyl (C=O) groups excluding carboxylic acids is 1. The number of benzene rings is 1. The summed E-state index contributed by atoms with van der Waals surface area (Å²) < 4.78 is 5.04. The van der Waals surface area contributed by atoms with E-state index in [0.29, 0.717) is 25.6 Å². The number of anilines is 2. The summed E-state index contributed by atoms with van der Waals surface area (Å²) in [7, 11) is 3.98. The summed E-state index contributed by atoms with van der Waals surface area (Å²) in [6.45, 7) is 1.43. The topological polar surface area (TPSA) is 41.6 Å². The van der Waals surface area contributed by atoms with Gasteiger partial charge < -0.3 is 15.0 Å². The van der Waals surface area contributed by atoms with Crippen molar-refractivity contribution < 1.29 is 9.53 Å². The molecule has 4 nitrogen and oxygen atoms in total. The van der Waals surface area contributed by atoms with Gasteiger partial charge in [-0.25, -0.2) is 0 Å². The second-order valence-corrected chi connectivity index (χ2v) is 4.60. The zero-order valence-corrected chi connectivity index (χ0v) is 10.3. The standard InChI is InChI=1S/C13H18N2O2/c1-15(2)12-5-3-11(4-6-12)14-13(16)7-10-8-17-9-10/h3-6,10H,7-9H2,1-2H3,(H,14,16). The molecule has 0 bridgehead atoms. The summed E-state index contributed by atoms with van der Waals surface area (Å²) in [6, 6.07) is 7.82. The first-order valence-electron chi connectivity index (χ1n) is 5.80. The van der Waals surface area contributed by atoms with Gasteiger partial charge in [-0.05, 0) is 24.3 Å². The lowest BCUT2D eigenvalue weighted by Crippen LogP contribution is -2.31. The van der Waals surface area contributed by atoms with Gasteiger partial charge in [0.2, 0.25) is 5.91 Å². The fourth-order valence-electron chi connectivity index (χ4n) is 1.72. The smallest absolute Gasteiger partial charge is 0.224 e. The molecule has 0 aliphatic carbocycles. The van der Waals surface area contributed by atoms with Gasteiger partial charge in [-0.3, -0.25) is 4.79 Å². The van der Waals surface area contributed by atoms with Crippen LogP contribution in [0.15, 0.2) is 24.3 Å². The van der Waals surface area contributed by atoms with Crippen LogP contribution in [0.5, 0.6) is 0 Å². The van der Waals surface area contributed by atoms with Gasteiger partial charge in [-0.2, -0.15) is 0 Å². The van der Waals surface area contributed by atoms with Crippen molar-refractivity contribution in [2.24, 2.45) is 5.92 Å². The van der Waals surface area contributed by atoms with Crippen LogP contribution in [-0.4, -0.2) is 33.2 Å². The highest BCUT2D eigenvalue weighted by molar-refractivity contribution is 5.91. The minimum absolute atomic E-state index is 0.0657. The summed E-state index contributed by atoms with van der Waals surface area (Å²) in [5.41, 5.74) is 1.97. The molecule has 1 N–H and O–H groups in total. The molecular formula is C13H18N2O2. The van der Waals surface area contributed by atoms with E-state index in [1.807, 2.05) is 43.3 Å². The molecule has 17 heavy (non-hydrogen) atoms. The van der Waals surface area contributed by atoms with Crippen LogP contribution in [0, 0.1) is 5.92 Å². The van der Waals surface area contributed by atoms with Crippen LogP contribution in [0.1, 0.15) is 6.42 Å². The molecular weight excluding hydrogens is 216 g/mol. The van der Waals surface area contributed by atoms with E-state index >= 15 is 0 Å². The van der Waals surface area contributed by atoms with Gasteiger partial charge in [-0.15, -0.1) is 0 Å². The van der Waals surface area contributed by atoms with Crippen molar-refractivity contribution in [2.45, 2.75) is 6.42 Å². The molecule has 92 valence electrons. The highest BCUT2D eigenvalue weighted by Crippen LogP contribution is 2.18. The molecule has 1 fully saturated rings. The Bertz CT molecular complexity index is 383. The van der Waals surface area contributed by atoms with E-state index in [1.54, 1.807) is 0 Å². The summed E-state index contributed by atoms with van der Waals surface area (Å²) in [4.78, 5) is 13.7. The van der Waals surface area contributed by atoms with Gasteiger partial charge >= 0.3 is 0 Å². The molecule has 4 heteroatoms. The first-order chi connectivity index (χ1) is 8.15. The van der Waals surface area contributed by atoms with E-state index in [1.165, 1.54) is 0 Å². The molecule has 1 aromatic carbocycles. The van der Waals surface area contributed by atoms with Crippen LogP contribution >= 0.6 is 0 Å². The van der Waals surface area contributed by atoms with E-state index in [0.717, 1.165) is 11.4 Å². The van der Waals surface area contributed by atoms with Gasteiger partial charge in [0.15, 0.2) is 0 Å². The van der Waals surface area contributed by atoms with Gasteiger partial charge in [0.25, 0.3) is 0 Å². The lowest BCUT2D eigenvalue weighted by molar-refractivity contribution is -0.121. The van der Waals surface area contributed by atoms with E-state index < -0.39 is 0 Å². The molecule has 1 aliphatic heterocycles. The van der Waals surface area contributed by atoms with Crippen LogP contribution in [0.2, 0.25) is 0 Å². The van der Waals surface area contributed by atoms with E-state index in [4.69, 9.17) is 4.74 Å². The lowest BCUT2D eigenvalue weighted by atomic mass is 10.0. The van der Waals surface area contributed by atoms with Gasteiger partial charge in [-0.1, -0.05) is 0 Å². The molecule has 0 radical (unpaired) electrons. The molecule has 1 amide bonds. The third-order valence-corrected chi connectivity index (χ3v) is 2.85. The van der Waals surface area contributed by atoms with Crippen LogP contribution in [0.4, 0.5) is 11.4 Å². The summed E-state index contributed by atoms with van der Waals surface area (Å²) >= 11 is 0. The first kappa shape index (κ1) is 11.9. The molecule has 0 aromatic heterocycles. The highest BCUT2D eigenvalue weighted by Gasteiger charge is 2.21. The zero-order valence-electron chi connectivity index (χ0n) is 10.3. The normalized spacial score (nSPS) is 15.2. The number of hydrogen-bond donors (Lipinski definition) is 1. The average Bonchev–Trinajstić information content (AvgIpc) is 2.24. The van der Waals surface area contributed by atoms with Crippen LogP contribution in [0.25, 0.3) is 0 Å². The Labute approximate surface area is 102 Å². The molecule has 0 saturated carbocycles. The fourth-order valence-corrected chi connectivity index (χ4v) is 1.72. The highest BCUT2D eigenvalue weighted by atomic mass is 16.5. The summed E-state index contributed by atoms with van der Waals surface area (Å²) in [5, 5.41) is 2.89. The number of rotatable bonds is 4. The van der Waals surface area contributed by atoms with Gasteiger partial charge in [0, 0.05) is 37.8 Å². The molecule has 2 rings (SSSR count). The van der Waals surface area contributed by atoms with Crippen molar-refractivity contribution in [3.05, 3.63) is 24.3 Å². The molecule has 0 atom stereocenters. The number of ether oxygens (including phenoxy) is 1. The summed E-state index contributed by atoms with van der Waals surface area (Å²) in [6.07, 6.45) is 0.551. The Morgan fingerprint density at radius 3 is 2.47 bits per heavy atom. The first-order valence-corrected chi connectivity index (χ1v) is 5.80. The van der Waals surface area contributed by atoms with Crippen LogP contribution < -0.4 is 10.2 Å². The maximum absolute atomic E-state index is 11.7. The van der Waals surface area contributed by atoms with Crippen molar-refractivity contribution in [1.82, 2.24) is 0 Å². The second-order valence-electron chi connectivity index (χ2n) is 4.60. The van der Waals surface area contributed by atoms with Gasteiger partial charge in [0.1, 0.15) is 0 Å². The second kappa shape index (κ2) is 5.19.